The van der Waals surface area contributed by atoms with Crippen molar-refractivity contribution in [3.8, 4) is 16.9 Å². The van der Waals surface area contributed by atoms with E-state index >= 15 is 0 Å². The fourth-order valence-corrected chi connectivity index (χ4v) is 4.40. The molecule has 0 aliphatic carbocycles. The van der Waals surface area contributed by atoms with E-state index in [1.165, 1.54) is 0 Å². The van der Waals surface area contributed by atoms with Crippen molar-refractivity contribution in [3.63, 3.8) is 0 Å². The molecule has 1 N–H and O–H groups in total. The van der Waals surface area contributed by atoms with Gasteiger partial charge in [0.05, 0.1) is 29.6 Å². The zero-order valence-electron chi connectivity index (χ0n) is 16.2. The Bertz CT molecular complexity index is 922. The molecule has 1 fully saturated rings. The van der Waals surface area contributed by atoms with Crippen LogP contribution in [0.2, 0.25) is 0 Å². The van der Waals surface area contributed by atoms with Crippen LogP contribution in [0, 0.1) is 0 Å². The van der Waals surface area contributed by atoms with Gasteiger partial charge in [0.15, 0.2) is 0 Å². The molecule has 2 heterocycles. The van der Waals surface area contributed by atoms with Crippen LogP contribution in [-0.4, -0.2) is 45.4 Å². The van der Waals surface area contributed by atoms with Gasteiger partial charge in [0.25, 0.3) is 5.91 Å². The van der Waals surface area contributed by atoms with Crippen molar-refractivity contribution in [1.82, 2.24) is 5.32 Å². The number of carbonyl (C=O) groups excluding carboxylic acids is 1. The summed E-state index contributed by atoms with van der Waals surface area (Å²) in [5.74, 6) is 0.738. The summed E-state index contributed by atoms with van der Waals surface area (Å²) in [6, 6.07) is 21.8. The zero-order chi connectivity index (χ0) is 19.9. The topological polar surface area (TPSA) is 50.8 Å². The van der Waals surface area contributed by atoms with Crippen LogP contribution >= 0.6 is 11.3 Å². The molecule has 1 aliphatic heterocycles. The maximum Gasteiger partial charge on any atom is 0.261 e. The summed E-state index contributed by atoms with van der Waals surface area (Å²) in [5, 5.41) is 4.10. The Morgan fingerprint density at radius 3 is 2.45 bits per heavy atom. The predicted molar refractivity (Wildman–Crippen MR) is 117 cm³/mol. The number of hydrogen-bond donors (Lipinski definition) is 1. The number of hydrogen-bond acceptors (Lipinski definition) is 5. The molecule has 1 amide bonds. The number of morpholine rings is 1. The van der Waals surface area contributed by atoms with Crippen molar-refractivity contribution in [3.05, 3.63) is 71.6 Å². The Kier molecular flexibility index (Phi) is 6.44. The van der Waals surface area contributed by atoms with Crippen LogP contribution < -0.4 is 15.0 Å². The molecule has 0 radical (unpaired) electrons. The fourth-order valence-electron chi connectivity index (χ4n) is 3.26. The Morgan fingerprint density at radius 2 is 1.72 bits per heavy atom. The van der Waals surface area contributed by atoms with Gasteiger partial charge in [-0.05, 0) is 23.8 Å². The lowest BCUT2D eigenvalue weighted by Crippen LogP contribution is -2.35. The number of thiophene rings is 1. The van der Waals surface area contributed by atoms with Crippen LogP contribution in [0.15, 0.2) is 66.7 Å². The van der Waals surface area contributed by atoms with E-state index in [0.29, 0.717) is 31.2 Å². The first-order chi connectivity index (χ1) is 14.3. The molecule has 0 spiro atoms. The van der Waals surface area contributed by atoms with Crippen LogP contribution in [0.4, 0.5) is 5.00 Å². The normalized spacial score (nSPS) is 13.9. The summed E-state index contributed by atoms with van der Waals surface area (Å²) in [7, 11) is 0. The Hall–Kier alpha value is -2.83. The third-order valence-corrected chi connectivity index (χ3v) is 5.91. The monoisotopic (exact) mass is 408 g/mol. The molecule has 5 nitrogen and oxygen atoms in total. The van der Waals surface area contributed by atoms with Gasteiger partial charge in [-0.15, -0.1) is 11.3 Å². The summed E-state index contributed by atoms with van der Waals surface area (Å²) in [6.07, 6.45) is 0. The predicted octanol–water partition coefficient (Wildman–Crippen LogP) is 4.06. The number of anilines is 1. The largest absolute Gasteiger partial charge is 0.492 e. The molecule has 0 atom stereocenters. The molecule has 0 saturated carbocycles. The molecule has 3 aromatic rings. The van der Waals surface area contributed by atoms with E-state index in [1.54, 1.807) is 11.3 Å². The smallest absolute Gasteiger partial charge is 0.261 e. The number of carbonyl (C=O) groups is 1. The van der Waals surface area contributed by atoms with Gasteiger partial charge in [0, 0.05) is 18.7 Å². The van der Waals surface area contributed by atoms with E-state index in [9.17, 15) is 4.79 Å². The average molecular weight is 409 g/mol. The van der Waals surface area contributed by atoms with Crippen molar-refractivity contribution in [2.75, 3.05) is 44.4 Å². The Morgan fingerprint density at radius 1 is 1.03 bits per heavy atom. The lowest BCUT2D eigenvalue weighted by Gasteiger charge is -2.28. The first kappa shape index (κ1) is 19.5. The molecular formula is C23H24N2O3S. The maximum atomic E-state index is 12.7. The third-order valence-electron chi connectivity index (χ3n) is 4.72. The highest BCUT2D eigenvalue weighted by Crippen LogP contribution is 2.39. The van der Waals surface area contributed by atoms with Gasteiger partial charge in [-0.2, -0.15) is 0 Å². The van der Waals surface area contributed by atoms with Crippen molar-refractivity contribution < 1.29 is 14.3 Å². The van der Waals surface area contributed by atoms with E-state index in [1.807, 2.05) is 54.6 Å². The van der Waals surface area contributed by atoms with E-state index in [0.717, 1.165) is 35.0 Å². The molecular weight excluding hydrogens is 384 g/mol. The number of rotatable bonds is 7. The quantitative estimate of drug-likeness (QED) is 0.599. The minimum atomic E-state index is -0.0663. The molecule has 1 saturated heterocycles. The summed E-state index contributed by atoms with van der Waals surface area (Å²) >= 11 is 1.54. The van der Waals surface area contributed by atoms with E-state index in [-0.39, 0.29) is 5.91 Å². The van der Waals surface area contributed by atoms with Gasteiger partial charge in [-0.1, -0.05) is 48.5 Å². The van der Waals surface area contributed by atoms with Gasteiger partial charge in [-0.3, -0.25) is 4.79 Å². The number of benzene rings is 2. The van der Waals surface area contributed by atoms with Gasteiger partial charge >= 0.3 is 0 Å². The number of amides is 1. The van der Waals surface area contributed by atoms with Gasteiger partial charge < -0.3 is 19.7 Å². The number of ether oxygens (including phenoxy) is 2. The third kappa shape index (κ3) is 4.96. The number of nitrogens with zero attached hydrogens (tertiary/aromatic N) is 1. The second kappa shape index (κ2) is 9.58. The number of para-hydroxylation sites is 1. The van der Waals surface area contributed by atoms with Crippen molar-refractivity contribution >= 4 is 22.2 Å². The SMILES string of the molecule is O=C(NCCOc1ccccc1)c1cc(-c2ccccc2)c(N2CCOCC2)s1. The number of nitrogens with one attached hydrogen (secondary N) is 1. The summed E-state index contributed by atoms with van der Waals surface area (Å²) in [5.41, 5.74) is 2.22. The van der Waals surface area contributed by atoms with E-state index < -0.39 is 0 Å². The lowest BCUT2D eigenvalue weighted by molar-refractivity contribution is 0.0951. The van der Waals surface area contributed by atoms with Gasteiger partial charge in [0.2, 0.25) is 0 Å². The van der Waals surface area contributed by atoms with Gasteiger partial charge in [0.1, 0.15) is 12.4 Å². The Balaban J connectivity index is 1.45. The molecule has 0 bridgehead atoms. The fraction of sp³-hybridized carbons (Fsp3) is 0.261. The summed E-state index contributed by atoms with van der Waals surface area (Å²) < 4.78 is 11.1. The average Bonchev–Trinajstić information content (AvgIpc) is 3.24. The lowest BCUT2D eigenvalue weighted by atomic mass is 10.1. The van der Waals surface area contributed by atoms with Crippen LogP contribution in [0.25, 0.3) is 11.1 Å². The summed E-state index contributed by atoms with van der Waals surface area (Å²) in [6.45, 7) is 4.00. The zero-order valence-corrected chi connectivity index (χ0v) is 17.0. The molecule has 1 aliphatic rings. The molecule has 4 rings (SSSR count). The van der Waals surface area contributed by atoms with Crippen LogP contribution in [0.5, 0.6) is 5.75 Å². The van der Waals surface area contributed by atoms with E-state index in [2.05, 4.69) is 22.3 Å². The molecule has 2 aromatic carbocycles. The van der Waals surface area contributed by atoms with Crippen molar-refractivity contribution in [2.45, 2.75) is 0 Å². The molecule has 1 aromatic heterocycles. The van der Waals surface area contributed by atoms with Crippen LogP contribution in [0.1, 0.15) is 9.67 Å². The second-order valence-corrected chi connectivity index (χ2v) is 7.74. The standard InChI is InChI=1S/C23H24N2O3S/c26-22(24-11-14-28-19-9-5-2-6-10-19)21-17-20(18-7-3-1-4-8-18)23(29-21)25-12-15-27-16-13-25/h1-10,17H,11-16H2,(H,24,26). The van der Waals surface area contributed by atoms with Crippen LogP contribution in [0.3, 0.4) is 0 Å². The van der Waals surface area contributed by atoms with E-state index in [4.69, 9.17) is 9.47 Å². The first-order valence-electron chi connectivity index (χ1n) is 9.79. The molecule has 150 valence electrons. The first-order valence-corrected chi connectivity index (χ1v) is 10.6. The summed E-state index contributed by atoms with van der Waals surface area (Å²) in [4.78, 5) is 15.8. The van der Waals surface area contributed by atoms with Crippen molar-refractivity contribution in [1.29, 1.82) is 0 Å². The Labute approximate surface area is 174 Å². The molecule has 6 heteroatoms. The second-order valence-electron chi connectivity index (χ2n) is 6.71. The highest BCUT2D eigenvalue weighted by atomic mass is 32.1. The van der Waals surface area contributed by atoms with Gasteiger partial charge in [-0.25, -0.2) is 0 Å². The van der Waals surface area contributed by atoms with Crippen LogP contribution in [-0.2, 0) is 4.74 Å². The minimum Gasteiger partial charge on any atom is -0.492 e. The molecule has 29 heavy (non-hydrogen) atoms. The maximum absolute atomic E-state index is 12.7. The molecule has 0 unspecified atom stereocenters. The van der Waals surface area contributed by atoms with Crippen molar-refractivity contribution in [2.24, 2.45) is 0 Å². The highest BCUT2D eigenvalue weighted by molar-refractivity contribution is 7.18. The minimum absolute atomic E-state index is 0.0663. The highest BCUT2D eigenvalue weighted by Gasteiger charge is 2.21.